The number of nitrogens with zero attached hydrogens (tertiary/aromatic N) is 1. The predicted octanol–water partition coefficient (Wildman–Crippen LogP) is 5.40. The maximum Gasteiger partial charge on any atom is 0.123 e. The summed E-state index contributed by atoms with van der Waals surface area (Å²) in [6.07, 6.45) is 3.12. The van der Waals surface area contributed by atoms with Crippen LogP contribution >= 0.6 is 43.2 Å². The van der Waals surface area contributed by atoms with E-state index in [1.807, 2.05) is 12.3 Å². The number of aromatic nitrogens is 1. The maximum atomic E-state index is 4.53. The molecule has 2 nitrogen and oxygen atoms in total. The van der Waals surface area contributed by atoms with Crippen molar-refractivity contribution >= 4 is 43.2 Å². The van der Waals surface area contributed by atoms with Gasteiger partial charge in [-0.2, -0.15) is 0 Å². The van der Waals surface area contributed by atoms with Gasteiger partial charge in [0.2, 0.25) is 0 Å². The molecule has 5 heteroatoms. The molecule has 0 bridgehead atoms. The molecule has 0 radical (unpaired) electrons. The average molecular weight is 404 g/mol. The first-order valence-electron chi connectivity index (χ1n) is 6.26. The summed E-state index contributed by atoms with van der Waals surface area (Å²) in [5.74, 6) is 0. The molecule has 1 aromatic heterocycles. The van der Waals surface area contributed by atoms with E-state index in [0.717, 1.165) is 32.5 Å². The standard InChI is InChI=1S/C14H16Br2N2S/c1-3-6-17-9(2)13-8-18-14(19-13)10-4-5-11(15)12(16)7-10/h4-5,7-9,17H,3,6H2,1-2H3. The van der Waals surface area contributed by atoms with Gasteiger partial charge >= 0.3 is 0 Å². The topological polar surface area (TPSA) is 24.9 Å². The van der Waals surface area contributed by atoms with Crippen LogP contribution in [0.25, 0.3) is 10.6 Å². The van der Waals surface area contributed by atoms with Gasteiger partial charge in [0.25, 0.3) is 0 Å². The van der Waals surface area contributed by atoms with Crippen LogP contribution in [-0.2, 0) is 0 Å². The second-order valence-electron chi connectivity index (χ2n) is 4.37. The Morgan fingerprint density at radius 2 is 2.11 bits per heavy atom. The molecule has 1 unspecified atom stereocenters. The van der Waals surface area contributed by atoms with Gasteiger partial charge in [-0.3, -0.25) is 0 Å². The van der Waals surface area contributed by atoms with Crippen LogP contribution in [0.3, 0.4) is 0 Å². The summed E-state index contributed by atoms with van der Waals surface area (Å²) in [4.78, 5) is 5.81. The molecule has 19 heavy (non-hydrogen) atoms. The molecule has 1 heterocycles. The fourth-order valence-corrected chi connectivity index (χ4v) is 3.28. The fraction of sp³-hybridized carbons (Fsp3) is 0.357. The number of halogens is 2. The maximum absolute atomic E-state index is 4.53. The first-order valence-corrected chi connectivity index (χ1v) is 8.66. The van der Waals surface area contributed by atoms with Crippen molar-refractivity contribution in [1.82, 2.24) is 10.3 Å². The minimum Gasteiger partial charge on any atom is -0.309 e. The summed E-state index contributed by atoms with van der Waals surface area (Å²) in [6.45, 7) is 5.40. The van der Waals surface area contributed by atoms with E-state index in [4.69, 9.17) is 0 Å². The number of rotatable bonds is 5. The molecule has 0 amide bonds. The van der Waals surface area contributed by atoms with Gasteiger partial charge in [0.15, 0.2) is 0 Å². The highest BCUT2D eigenvalue weighted by Gasteiger charge is 2.11. The van der Waals surface area contributed by atoms with Crippen molar-refractivity contribution < 1.29 is 0 Å². The van der Waals surface area contributed by atoms with Gasteiger partial charge in [0, 0.05) is 31.6 Å². The van der Waals surface area contributed by atoms with Crippen LogP contribution in [0, 0.1) is 0 Å². The van der Waals surface area contributed by atoms with Gasteiger partial charge < -0.3 is 5.32 Å². The molecule has 0 fully saturated rings. The molecular formula is C14H16Br2N2S. The van der Waals surface area contributed by atoms with Crippen molar-refractivity contribution in [2.45, 2.75) is 26.3 Å². The smallest absolute Gasteiger partial charge is 0.123 e. The third kappa shape index (κ3) is 3.88. The largest absolute Gasteiger partial charge is 0.309 e. The molecule has 1 N–H and O–H groups in total. The molecule has 102 valence electrons. The average Bonchev–Trinajstić information content (AvgIpc) is 2.89. The van der Waals surface area contributed by atoms with E-state index in [9.17, 15) is 0 Å². The minimum absolute atomic E-state index is 0.366. The Morgan fingerprint density at radius 1 is 1.32 bits per heavy atom. The summed E-state index contributed by atoms with van der Waals surface area (Å²) >= 11 is 8.77. The van der Waals surface area contributed by atoms with Gasteiger partial charge in [0.05, 0.1) is 0 Å². The van der Waals surface area contributed by atoms with E-state index in [1.54, 1.807) is 11.3 Å². The molecule has 0 spiro atoms. The van der Waals surface area contributed by atoms with Crippen LogP contribution in [-0.4, -0.2) is 11.5 Å². The predicted molar refractivity (Wildman–Crippen MR) is 89.7 cm³/mol. The molecule has 1 aromatic carbocycles. The van der Waals surface area contributed by atoms with Gasteiger partial charge in [0.1, 0.15) is 5.01 Å². The van der Waals surface area contributed by atoms with Crippen LogP contribution < -0.4 is 5.32 Å². The second-order valence-corrected chi connectivity index (χ2v) is 7.14. The molecule has 0 saturated heterocycles. The van der Waals surface area contributed by atoms with E-state index in [-0.39, 0.29) is 0 Å². The van der Waals surface area contributed by atoms with Crippen molar-refractivity contribution in [3.63, 3.8) is 0 Å². The summed E-state index contributed by atoms with van der Waals surface area (Å²) in [5.41, 5.74) is 1.15. The van der Waals surface area contributed by atoms with E-state index in [2.05, 4.69) is 68.1 Å². The molecule has 0 saturated carbocycles. The minimum atomic E-state index is 0.366. The van der Waals surface area contributed by atoms with Crippen LogP contribution in [0.4, 0.5) is 0 Å². The summed E-state index contributed by atoms with van der Waals surface area (Å²) in [5, 5.41) is 4.55. The SMILES string of the molecule is CCCNC(C)c1cnc(-c2ccc(Br)c(Br)c2)s1. The van der Waals surface area contributed by atoms with E-state index >= 15 is 0 Å². The molecule has 2 rings (SSSR count). The summed E-state index contributed by atoms with van der Waals surface area (Å²) in [6, 6.07) is 6.59. The Hall–Kier alpha value is -0.230. The van der Waals surface area contributed by atoms with E-state index < -0.39 is 0 Å². The second kappa shape index (κ2) is 6.97. The highest BCUT2D eigenvalue weighted by Crippen LogP contribution is 2.32. The van der Waals surface area contributed by atoms with Crippen molar-refractivity contribution in [2.24, 2.45) is 0 Å². The van der Waals surface area contributed by atoms with Crippen LogP contribution in [0.15, 0.2) is 33.3 Å². The van der Waals surface area contributed by atoms with Crippen LogP contribution in [0.2, 0.25) is 0 Å². The van der Waals surface area contributed by atoms with E-state index in [0.29, 0.717) is 6.04 Å². The zero-order valence-corrected chi connectivity index (χ0v) is 14.9. The number of nitrogens with one attached hydrogen (secondary N) is 1. The lowest BCUT2D eigenvalue weighted by Crippen LogP contribution is -2.18. The monoisotopic (exact) mass is 402 g/mol. The molecule has 0 aliphatic carbocycles. The molecule has 0 aliphatic heterocycles. The number of hydrogen-bond donors (Lipinski definition) is 1. The number of hydrogen-bond acceptors (Lipinski definition) is 3. The van der Waals surface area contributed by atoms with Gasteiger partial charge in [-0.1, -0.05) is 13.0 Å². The Balaban J connectivity index is 2.18. The van der Waals surface area contributed by atoms with Crippen molar-refractivity contribution in [2.75, 3.05) is 6.54 Å². The van der Waals surface area contributed by atoms with Crippen molar-refractivity contribution in [1.29, 1.82) is 0 Å². The zero-order valence-electron chi connectivity index (χ0n) is 10.9. The van der Waals surface area contributed by atoms with Crippen molar-refractivity contribution in [3.8, 4) is 10.6 Å². The Morgan fingerprint density at radius 3 is 2.79 bits per heavy atom. The van der Waals surface area contributed by atoms with Crippen molar-refractivity contribution in [3.05, 3.63) is 38.2 Å². The molecular weight excluding hydrogens is 388 g/mol. The first-order chi connectivity index (χ1) is 9.11. The lowest BCUT2D eigenvalue weighted by atomic mass is 10.2. The first kappa shape index (κ1) is 15.2. The van der Waals surface area contributed by atoms with Crippen LogP contribution in [0.5, 0.6) is 0 Å². The Kier molecular flexibility index (Phi) is 5.57. The molecule has 1 atom stereocenters. The summed E-state index contributed by atoms with van der Waals surface area (Å²) < 4.78 is 2.12. The Labute approximate surface area is 134 Å². The van der Waals surface area contributed by atoms with E-state index in [1.165, 1.54) is 4.88 Å². The lowest BCUT2D eigenvalue weighted by molar-refractivity contribution is 0.577. The van der Waals surface area contributed by atoms with Gasteiger partial charge in [-0.15, -0.1) is 11.3 Å². The van der Waals surface area contributed by atoms with Gasteiger partial charge in [-0.25, -0.2) is 4.98 Å². The highest BCUT2D eigenvalue weighted by atomic mass is 79.9. The van der Waals surface area contributed by atoms with Gasteiger partial charge in [-0.05, 0) is 63.9 Å². The third-order valence-corrected chi connectivity index (χ3v) is 5.93. The van der Waals surface area contributed by atoms with Crippen LogP contribution in [0.1, 0.15) is 31.2 Å². The molecule has 0 aliphatic rings. The quantitative estimate of drug-likeness (QED) is 0.723. The Bertz CT molecular complexity index is 554. The lowest BCUT2D eigenvalue weighted by Gasteiger charge is -2.09. The number of benzene rings is 1. The molecule has 2 aromatic rings. The highest BCUT2D eigenvalue weighted by molar-refractivity contribution is 9.13. The summed E-state index contributed by atoms with van der Waals surface area (Å²) in [7, 11) is 0. The normalized spacial score (nSPS) is 12.6. The number of thiazole rings is 1. The zero-order chi connectivity index (χ0) is 13.8. The fourth-order valence-electron chi connectivity index (χ4n) is 1.71. The third-order valence-electron chi connectivity index (χ3n) is 2.82.